The third-order valence-electron chi connectivity index (χ3n) is 0.549. The third-order valence-corrected chi connectivity index (χ3v) is 0.549. The minimum Gasteiger partial charge on any atom is -0.481 e. The van der Waals surface area contributed by atoms with Crippen molar-refractivity contribution in [1.82, 2.24) is 0 Å². The fourth-order valence-electron chi connectivity index (χ4n) is 0.230. The summed E-state index contributed by atoms with van der Waals surface area (Å²) in [5.74, 6) is -0.853. The molecule has 3 nitrogen and oxygen atoms in total. The lowest BCUT2D eigenvalue weighted by Crippen LogP contribution is -1.95. The van der Waals surface area contributed by atoms with Crippen molar-refractivity contribution < 1.29 is 15.0 Å². The number of rotatable bonds is 3. The molecular formula is C4H10MgO3. The normalized spacial score (nSPS) is 7.62. The molecule has 8 heavy (non-hydrogen) atoms. The van der Waals surface area contributed by atoms with Crippen LogP contribution in [0.4, 0.5) is 0 Å². The van der Waals surface area contributed by atoms with E-state index >= 15 is 0 Å². The highest BCUT2D eigenvalue weighted by molar-refractivity contribution is 5.75. The summed E-state index contributed by atoms with van der Waals surface area (Å²) in [6.07, 6.45) is 0.422. The molecule has 0 saturated carbocycles. The molecule has 2 N–H and O–H groups in total. The number of hydrogen-bond donors (Lipinski definition) is 2. The molecule has 0 atom stereocenters. The van der Waals surface area contributed by atoms with Gasteiger partial charge >= 0.3 is 29.0 Å². The molecule has 0 aromatic carbocycles. The van der Waals surface area contributed by atoms with Crippen molar-refractivity contribution >= 4 is 29.0 Å². The summed E-state index contributed by atoms with van der Waals surface area (Å²) in [5, 5.41) is 16.0. The highest BCUT2D eigenvalue weighted by Crippen LogP contribution is 1.83. The van der Waals surface area contributed by atoms with E-state index in [0.29, 0.717) is 6.42 Å². The highest BCUT2D eigenvalue weighted by Gasteiger charge is 1.91. The third kappa shape index (κ3) is 9.50. The number of carbonyl (C=O) groups is 1. The first kappa shape index (κ1) is 11.1. The van der Waals surface area contributed by atoms with Gasteiger partial charge in [-0.2, -0.15) is 0 Å². The maximum absolute atomic E-state index is 9.65. The number of carboxylic acids is 1. The Labute approximate surface area is 63.9 Å². The second kappa shape index (κ2) is 7.20. The Morgan fingerprint density at radius 2 is 2.00 bits per heavy atom. The van der Waals surface area contributed by atoms with Crippen LogP contribution in [0.1, 0.15) is 12.8 Å². The SMILES string of the molecule is O=C(O)CCCO.[MgH2]. The van der Waals surface area contributed by atoms with Gasteiger partial charge in [0, 0.05) is 13.0 Å². The zero-order valence-corrected chi connectivity index (χ0v) is 3.92. The van der Waals surface area contributed by atoms with Crippen LogP contribution in [-0.2, 0) is 4.79 Å². The molecule has 46 valence electrons. The van der Waals surface area contributed by atoms with Crippen LogP contribution in [0.5, 0.6) is 0 Å². The number of aliphatic carboxylic acids is 1. The Hall–Kier alpha value is 0.196. The standard InChI is InChI=1S/C4H8O3.Mg.2H/c5-3-1-2-4(6)7;;;/h5H,1-3H2,(H,6,7);;;. The summed E-state index contributed by atoms with van der Waals surface area (Å²) < 4.78 is 0. The summed E-state index contributed by atoms with van der Waals surface area (Å²) in [4.78, 5) is 9.65. The molecule has 0 rings (SSSR count). The van der Waals surface area contributed by atoms with E-state index in [1.54, 1.807) is 0 Å². The van der Waals surface area contributed by atoms with Gasteiger partial charge in [0.05, 0.1) is 0 Å². The minimum atomic E-state index is -0.853. The van der Waals surface area contributed by atoms with E-state index in [9.17, 15) is 4.79 Å². The van der Waals surface area contributed by atoms with Crippen molar-refractivity contribution in [3.05, 3.63) is 0 Å². The van der Waals surface area contributed by atoms with Crippen molar-refractivity contribution in [3.8, 4) is 0 Å². The van der Waals surface area contributed by atoms with E-state index in [2.05, 4.69) is 0 Å². The van der Waals surface area contributed by atoms with Crippen LogP contribution in [0.3, 0.4) is 0 Å². The predicted molar refractivity (Wildman–Crippen MR) is 32.5 cm³/mol. The van der Waals surface area contributed by atoms with Gasteiger partial charge in [-0.3, -0.25) is 4.79 Å². The van der Waals surface area contributed by atoms with Gasteiger partial charge in [0.2, 0.25) is 0 Å². The second-order valence-electron chi connectivity index (χ2n) is 1.22. The quantitative estimate of drug-likeness (QED) is 0.478. The molecule has 0 amide bonds. The Morgan fingerprint density at radius 3 is 2.12 bits per heavy atom. The summed E-state index contributed by atoms with van der Waals surface area (Å²) >= 11 is 0. The van der Waals surface area contributed by atoms with Crippen LogP contribution in [-0.4, -0.2) is 45.8 Å². The van der Waals surface area contributed by atoms with Crippen LogP contribution in [0.15, 0.2) is 0 Å². The van der Waals surface area contributed by atoms with Crippen molar-refractivity contribution in [2.24, 2.45) is 0 Å². The maximum Gasteiger partial charge on any atom is 0.316 e. The molecule has 0 aliphatic rings. The maximum atomic E-state index is 9.65. The van der Waals surface area contributed by atoms with Crippen LogP contribution in [0, 0.1) is 0 Å². The summed E-state index contributed by atoms with van der Waals surface area (Å²) in [6.45, 7) is -0.0354. The first-order valence-electron chi connectivity index (χ1n) is 2.10. The zero-order chi connectivity index (χ0) is 5.70. The van der Waals surface area contributed by atoms with E-state index in [1.165, 1.54) is 0 Å². The number of aliphatic hydroxyl groups excluding tert-OH is 1. The molecular weight excluding hydrogens is 120 g/mol. The first-order chi connectivity index (χ1) is 3.27. The lowest BCUT2D eigenvalue weighted by atomic mass is 10.3. The van der Waals surface area contributed by atoms with E-state index < -0.39 is 5.97 Å². The Bertz CT molecular complexity index is 64.3. The summed E-state index contributed by atoms with van der Waals surface area (Å²) in [6, 6.07) is 0. The van der Waals surface area contributed by atoms with Crippen molar-refractivity contribution in [1.29, 1.82) is 0 Å². The molecule has 0 aromatic heterocycles. The van der Waals surface area contributed by atoms with E-state index in [4.69, 9.17) is 10.2 Å². The van der Waals surface area contributed by atoms with Gasteiger partial charge in [-0.1, -0.05) is 0 Å². The molecule has 0 bridgehead atoms. The van der Waals surface area contributed by atoms with E-state index in [1.807, 2.05) is 0 Å². The minimum absolute atomic E-state index is 0. The van der Waals surface area contributed by atoms with Gasteiger partial charge in [0.15, 0.2) is 0 Å². The van der Waals surface area contributed by atoms with Crippen LogP contribution < -0.4 is 0 Å². The van der Waals surface area contributed by atoms with Crippen LogP contribution >= 0.6 is 0 Å². The first-order valence-corrected chi connectivity index (χ1v) is 2.10. The Balaban J connectivity index is 0. The molecule has 0 heterocycles. The van der Waals surface area contributed by atoms with Crippen molar-refractivity contribution in [2.45, 2.75) is 12.8 Å². The Morgan fingerprint density at radius 1 is 1.50 bits per heavy atom. The number of carboxylic acid groups (broad SMARTS) is 1. The van der Waals surface area contributed by atoms with Gasteiger partial charge in [-0.25, -0.2) is 0 Å². The Kier molecular flexibility index (Phi) is 9.94. The molecule has 0 aliphatic heterocycles. The number of hydrogen-bond acceptors (Lipinski definition) is 2. The second-order valence-corrected chi connectivity index (χ2v) is 1.22. The molecule has 0 saturated heterocycles. The monoisotopic (exact) mass is 130 g/mol. The summed E-state index contributed by atoms with van der Waals surface area (Å²) in [5.41, 5.74) is 0. The van der Waals surface area contributed by atoms with Crippen molar-refractivity contribution in [2.75, 3.05) is 6.61 Å². The van der Waals surface area contributed by atoms with Crippen molar-refractivity contribution in [3.63, 3.8) is 0 Å². The molecule has 0 radical (unpaired) electrons. The van der Waals surface area contributed by atoms with Gasteiger partial charge in [-0.15, -0.1) is 0 Å². The van der Waals surface area contributed by atoms with E-state index in [0.717, 1.165) is 0 Å². The molecule has 0 unspecified atom stereocenters. The average Bonchev–Trinajstić information content (AvgIpc) is 1.61. The topological polar surface area (TPSA) is 57.5 Å². The zero-order valence-electron chi connectivity index (χ0n) is 3.92. The van der Waals surface area contributed by atoms with Gasteiger partial charge < -0.3 is 10.2 Å². The number of aliphatic hydroxyl groups is 1. The van der Waals surface area contributed by atoms with Gasteiger partial charge in [-0.05, 0) is 6.42 Å². The fourth-order valence-corrected chi connectivity index (χ4v) is 0.230. The lowest BCUT2D eigenvalue weighted by Gasteiger charge is -1.85. The largest absolute Gasteiger partial charge is 0.481 e. The fraction of sp³-hybridized carbons (Fsp3) is 0.750. The average molecular weight is 130 g/mol. The molecule has 0 fully saturated rings. The predicted octanol–water partition coefficient (Wildman–Crippen LogP) is -1.07. The van der Waals surface area contributed by atoms with Gasteiger partial charge in [0.1, 0.15) is 0 Å². The molecule has 0 spiro atoms. The smallest absolute Gasteiger partial charge is 0.316 e. The van der Waals surface area contributed by atoms with Gasteiger partial charge in [0.25, 0.3) is 0 Å². The molecule has 4 heteroatoms. The van der Waals surface area contributed by atoms with E-state index in [-0.39, 0.29) is 36.1 Å². The van der Waals surface area contributed by atoms with Crippen LogP contribution in [0.25, 0.3) is 0 Å². The summed E-state index contributed by atoms with van der Waals surface area (Å²) in [7, 11) is 0. The lowest BCUT2D eigenvalue weighted by molar-refractivity contribution is -0.137. The highest BCUT2D eigenvalue weighted by atomic mass is 24.3. The molecule has 0 aromatic rings. The van der Waals surface area contributed by atoms with Crippen LogP contribution in [0.2, 0.25) is 0 Å². The molecule has 0 aliphatic carbocycles.